The van der Waals surface area contributed by atoms with Gasteiger partial charge in [-0.25, -0.2) is 9.97 Å². The Hall–Kier alpha value is -2.73. The third-order valence-corrected chi connectivity index (χ3v) is 4.03. The number of para-hydroxylation sites is 1. The predicted molar refractivity (Wildman–Crippen MR) is 97.9 cm³/mol. The summed E-state index contributed by atoms with van der Waals surface area (Å²) in [6, 6.07) is 19.0. The van der Waals surface area contributed by atoms with Crippen LogP contribution in [0.2, 0.25) is 0 Å². The number of amides is 1. The van der Waals surface area contributed by atoms with Gasteiger partial charge in [0.1, 0.15) is 17.8 Å². The van der Waals surface area contributed by atoms with E-state index >= 15 is 0 Å². The second-order valence-electron chi connectivity index (χ2n) is 5.06. The van der Waals surface area contributed by atoms with Gasteiger partial charge in [0.05, 0.1) is 5.69 Å². The number of nitrogens with one attached hydrogen (secondary N) is 2. The summed E-state index contributed by atoms with van der Waals surface area (Å²) in [5.74, 6) is 0.318. The Kier molecular flexibility index (Phi) is 5.18. The number of rotatable bonds is 5. The van der Waals surface area contributed by atoms with Crippen LogP contribution in [0.25, 0.3) is 0 Å². The van der Waals surface area contributed by atoms with E-state index in [0.717, 1.165) is 10.0 Å². The maximum absolute atomic E-state index is 12.3. The molecule has 0 unspecified atom stereocenters. The van der Waals surface area contributed by atoms with Gasteiger partial charge in [0.25, 0.3) is 5.91 Å². The molecule has 0 spiro atoms. The van der Waals surface area contributed by atoms with E-state index in [9.17, 15) is 4.79 Å². The monoisotopic (exact) mass is 382 g/mol. The highest BCUT2D eigenvalue weighted by Gasteiger charge is 2.10. The molecule has 0 radical (unpaired) electrons. The Bertz CT molecular complexity index is 839. The number of carbonyl (C=O) groups excluding carboxylic acids is 1. The zero-order valence-corrected chi connectivity index (χ0v) is 14.3. The van der Waals surface area contributed by atoms with Crippen LogP contribution in [0.5, 0.6) is 0 Å². The molecule has 0 atom stereocenters. The summed E-state index contributed by atoms with van der Waals surface area (Å²) in [6.45, 7) is 0.628. The summed E-state index contributed by atoms with van der Waals surface area (Å²) in [5.41, 5.74) is 2.13. The molecule has 0 aliphatic carbocycles. The van der Waals surface area contributed by atoms with Gasteiger partial charge in [-0.2, -0.15) is 0 Å². The minimum Gasteiger partial charge on any atom is -0.366 e. The van der Waals surface area contributed by atoms with Gasteiger partial charge in [0.2, 0.25) is 0 Å². The molecule has 1 amide bonds. The third-order valence-electron chi connectivity index (χ3n) is 3.34. The number of nitrogens with zero attached hydrogens (tertiary/aromatic N) is 2. The van der Waals surface area contributed by atoms with E-state index in [-0.39, 0.29) is 5.91 Å². The highest BCUT2D eigenvalue weighted by molar-refractivity contribution is 9.10. The first kappa shape index (κ1) is 16.1. The molecule has 6 heteroatoms. The van der Waals surface area contributed by atoms with Crippen molar-refractivity contribution in [3.05, 3.63) is 82.7 Å². The summed E-state index contributed by atoms with van der Waals surface area (Å²) in [7, 11) is 0. The minimum atomic E-state index is -0.285. The van der Waals surface area contributed by atoms with Gasteiger partial charge in [-0.15, -0.1) is 0 Å². The van der Waals surface area contributed by atoms with Crippen molar-refractivity contribution in [1.82, 2.24) is 9.97 Å². The number of aromatic nitrogens is 2. The second-order valence-corrected chi connectivity index (χ2v) is 5.92. The van der Waals surface area contributed by atoms with E-state index < -0.39 is 0 Å². The topological polar surface area (TPSA) is 66.9 Å². The van der Waals surface area contributed by atoms with E-state index in [4.69, 9.17) is 0 Å². The average Bonchev–Trinajstić information content (AvgIpc) is 2.63. The fraction of sp³-hybridized carbons (Fsp3) is 0.0556. The SMILES string of the molecule is O=C(Nc1ccccc1Br)c1cc(NCc2ccccc2)ncn1. The van der Waals surface area contributed by atoms with Crippen LogP contribution >= 0.6 is 15.9 Å². The van der Waals surface area contributed by atoms with Crippen LogP contribution in [0.1, 0.15) is 16.1 Å². The molecule has 0 saturated carbocycles. The lowest BCUT2D eigenvalue weighted by molar-refractivity contribution is 0.102. The Balaban J connectivity index is 1.68. The van der Waals surface area contributed by atoms with Gasteiger partial charge in [0, 0.05) is 17.1 Å². The van der Waals surface area contributed by atoms with Crippen molar-refractivity contribution in [1.29, 1.82) is 0 Å². The van der Waals surface area contributed by atoms with Crippen LogP contribution in [0.4, 0.5) is 11.5 Å². The molecule has 24 heavy (non-hydrogen) atoms. The summed E-state index contributed by atoms with van der Waals surface area (Å²) in [4.78, 5) is 20.5. The van der Waals surface area contributed by atoms with E-state index in [2.05, 4.69) is 36.5 Å². The maximum Gasteiger partial charge on any atom is 0.274 e. The fourth-order valence-electron chi connectivity index (χ4n) is 2.12. The number of carbonyl (C=O) groups is 1. The highest BCUT2D eigenvalue weighted by atomic mass is 79.9. The van der Waals surface area contributed by atoms with E-state index in [1.807, 2.05) is 54.6 Å². The molecule has 0 aliphatic heterocycles. The third kappa shape index (κ3) is 4.17. The van der Waals surface area contributed by atoms with Gasteiger partial charge in [-0.3, -0.25) is 4.79 Å². The fourth-order valence-corrected chi connectivity index (χ4v) is 2.50. The maximum atomic E-state index is 12.3. The van der Waals surface area contributed by atoms with Crippen LogP contribution in [-0.4, -0.2) is 15.9 Å². The molecule has 120 valence electrons. The van der Waals surface area contributed by atoms with Crippen molar-refractivity contribution >= 4 is 33.3 Å². The van der Waals surface area contributed by atoms with Gasteiger partial charge in [-0.05, 0) is 33.6 Å². The number of halogens is 1. The number of anilines is 2. The molecule has 2 N–H and O–H groups in total. The summed E-state index contributed by atoms with van der Waals surface area (Å²) >= 11 is 3.40. The van der Waals surface area contributed by atoms with Gasteiger partial charge in [-0.1, -0.05) is 42.5 Å². The molecule has 3 aromatic rings. The lowest BCUT2D eigenvalue weighted by Gasteiger charge is -2.08. The van der Waals surface area contributed by atoms with Gasteiger partial charge >= 0.3 is 0 Å². The summed E-state index contributed by atoms with van der Waals surface area (Å²) in [6.07, 6.45) is 1.38. The molecular weight excluding hydrogens is 368 g/mol. The first-order valence-corrected chi connectivity index (χ1v) is 8.17. The molecule has 1 aromatic heterocycles. The van der Waals surface area contributed by atoms with Crippen LogP contribution in [0, 0.1) is 0 Å². The lowest BCUT2D eigenvalue weighted by Crippen LogP contribution is -2.15. The van der Waals surface area contributed by atoms with Crippen molar-refractivity contribution in [2.24, 2.45) is 0 Å². The Morgan fingerprint density at radius 3 is 2.54 bits per heavy atom. The first-order chi connectivity index (χ1) is 11.7. The van der Waals surface area contributed by atoms with Crippen LogP contribution in [0.15, 0.2) is 71.5 Å². The second kappa shape index (κ2) is 7.70. The summed E-state index contributed by atoms with van der Waals surface area (Å²) < 4.78 is 0.815. The predicted octanol–water partition coefficient (Wildman–Crippen LogP) is 4.10. The molecular formula is C18H15BrN4O. The van der Waals surface area contributed by atoms with Gasteiger partial charge < -0.3 is 10.6 Å². The van der Waals surface area contributed by atoms with Crippen LogP contribution in [0.3, 0.4) is 0 Å². The van der Waals surface area contributed by atoms with E-state index in [1.54, 1.807) is 6.07 Å². The molecule has 1 heterocycles. The zero-order valence-electron chi connectivity index (χ0n) is 12.7. The van der Waals surface area contributed by atoms with Crippen molar-refractivity contribution in [3.63, 3.8) is 0 Å². The quantitative estimate of drug-likeness (QED) is 0.696. The first-order valence-electron chi connectivity index (χ1n) is 7.38. The molecule has 0 bridgehead atoms. The van der Waals surface area contributed by atoms with E-state index in [1.165, 1.54) is 6.33 Å². The lowest BCUT2D eigenvalue weighted by atomic mass is 10.2. The molecule has 5 nitrogen and oxygen atoms in total. The van der Waals surface area contributed by atoms with Crippen molar-refractivity contribution in [2.45, 2.75) is 6.54 Å². The molecule has 2 aromatic carbocycles. The Morgan fingerprint density at radius 2 is 1.75 bits per heavy atom. The smallest absolute Gasteiger partial charge is 0.274 e. The molecule has 0 aliphatic rings. The Labute approximate surface area is 148 Å². The highest BCUT2D eigenvalue weighted by Crippen LogP contribution is 2.21. The summed E-state index contributed by atoms with van der Waals surface area (Å²) in [5, 5.41) is 6.01. The van der Waals surface area contributed by atoms with Crippen LogP contribution in [-0.2, 0) is 6.54 Å². The van der Waals surface area contributed by atoms with Gasteiger partial charge in [0.15, 0.2) is 0 Å². The zero-order chi connectivity index (χ0) is 16.8. The number of hydrogen-bond acceptors (Lipinski definition) is 4. The normalized spacial score (nSPS) is 10.2. The van der Waals surface area contributed by atoms with E-state index in [0.29, 0.717) is 23.7 Å². The van der Waals surface area contributed by atoms with Crippen LogP contribution < -0.4 is 10.6 Å². The van der Waals surface area contributed by atoms with Crippen molar-refractivity contribution in [2.75, 3.05) is 10.6 Å². The minimum absolute atomic E-state index is 0.285. The average molecular weight is 383 g/mol. The standard InChI is InChI=1S/C18H15BrN4O/c19-14-8-4-5-9-15(14)23-18(24)16-10-17(22-12-21-16)20-11-13-6-2-1-3-7-13/h1-10,12H,11H2,(H,23,24)(H,20,21,22). The van der Waals surface area contributed by atoms with Crippen molar-refractivity contribution < 1.29 is 4.79 Å². The molecule has 0 fully saturated rings. The number of benzene rings is 2. The Morgan fingerprint density at radius 1 is 1.00 bits per heavy atom. The molecule has 3 rings (SSSR count). The van der Waals surface area contributed by atoms with Crippen molar-refractivity contribution in [3.8, 4) is 0 Å². The number of hydrogen-bond donors (Lipinski definition) is 2. The largest absolute Gasteiger partial charge is 0.366 e. The molecule has 0 saturated heterocycles.